The number of fused-ring (bicyclic) bond motifs is 5. The number of ether oxygens (including phenoxy) is 2. The largest absolute Gasteiger partial charge is 0.504 e. The van der Waals surface area contributed by atoms with E-state index >= 15 is 0 Å². The maximum absolute atomic E-state index is 10.5. The molecule has 0 unspecified atom stereocenters. The number of nitrogens with zero attached hydrogens (tertiary/aromatic N) is 1. The number of oxime groups is 1. The van der Waals surface area contributed by atoms with Crippen LogP contribution in [0.25, 0.3) is 28.5 Å². The molecular weight excluding hydrogens is 460 g/mol. The molecule has 3 heterocycles. The van der Waals surface area contributed by atoms with Crippen LogP contribution in [0, 0.1) is 0 Å². The minimum absolute atomic E-state index is 0.0735. The van der Waals surface area contributed by atoms with Gasteiger partial charge in [-0.05, 0) is 69.0 Å². The van der Waals surface area contributed by atoms with Crippen LogP contribution in [0.1, 0.15) is 49.3 Å². The summed E-state index contributed by atoms with van der Waals surface area (Å²) >= 11 is 1.61. The summed E-state index contributed by atoms with van der Waals surface area (Å²) in [4.78, 5) is 6.02. The number of thiophene rings is 1. The Kier molecular flexibility index (Phi) is 5.60. The maximum Gasteiger partial charge on any atom is 0.172 e. The van der Waals surface area contributed by atoms with Crippen LogP contribution < -0.4 is 14.8 Å². The van der Waals surface area contributed by atoms with Crippen LogP contribution in [0.15, 0.2) is 46.9 Å². The van der Waals surface area contributed by atoms with Crippen LogP contribution in [0.2, 0.25) is 0 Å². The average molecular weight is 489 g/mol. The summed E-state index contributed by atoms with van der Waals surface area (Å²) in [5, 5.41) is 20.3. The second kappa shape index (κ2) is 8.50. The van der Waals surface area contributed by atoms with E-state index in [0.717, 1.165) is 55.4 Å². The predicted molar refractivity (Wildman–Crippen MR) is 143 cm³/mol. The zero-order valence-corrected chi connectivity index (χ0v) is 21.5. The van der Waals surface area contributed by atoms with Crippen LogP contribution in [-0.2, 0) is 4.84 Å². The molecule has 35 heavy (non-hydrogen) atoms. The van der Waals surface area contributed by atoms with Gasteiger partial charge in [0.15, 0.2) is 11.5 Å². The van der Waals surface area contributed by atoms with Crippen molar-refractivity contribution in [2.75, 3.05) is 19.5 Å². The fourth-order valence-electron chi connectivity index (χ4n) is 4.99. The Morgan fingerprint density at radius 3 is 2.66 bits per heavy atom. The van der Waals surface area contributed by atoms with Crippen molar-refractivity contribution >= 4 is 40.1 Å². The summed E-state index contributed by atoms with van der Waals surface area (Å²) in [5.74, 6) is 1.82. The number of rotatable bonds is 4. The van der Waals surface area contributed by atoms with Crippen molar-refractivity contribution in [2.24, 2.45) is 5.16 Å². The monoisotopic (exact) mass is 488 g/mol. The normalized spacial score (nSPS) is 16.9. The number of hydrogen-bond acceptors (Lipinski definition) is 7. The van der Waals surface area contributed by atoms with E-state index in [2.05, 4.69) is 55.5 Å². The number of nitrogens with one attached hydrogen (secondary N) is 1. The third-order valence-corrected chi connectivity index (χ3v) is 7.11. The van der Waals surface area contributed by atoms with Gasteiger partial charge in [-0.15, -0.1) is 11.3 Å². The lowest BCUT2D eigenvalue weighted by Gasteiger charge is -2.35. The summed E-state index contributed by atoms with van der Waals surface area (Å²) in [6, 6.07) is 9.57. The predicted octanol–water partition coefficient (Wildman–Crippen LogP) is 7.00. The number of methoxy groups -OCH3 is 1. The quantitative estimate of drug-likeness (QED) is 0.306. The van der Waals surface area contributed by atoms with Gasteiger partial charge in [0, 0.05) is 32.8 Å². The lowest BCUT2D eigenvalue weighted by molar-refractivity contribution is 0.213. The summed E-state index contributed by atoms with van der Waals surface area (Å²) in [6.45, 7) is 8.35. The van der Waals surface area contributed by atoms with Gasteiger partial charge in [0.1, 0.15) is 18.6 Å². The molecule has 3 aromatic rings. The smallest absolute Gasteiger partial charge is 0.172 e. The molecule has 0 radical (unpaired) electrons. The molecule has 0 amide bonds. The van der Waals surface area contributed by atoms with Gasteiger partial charge < -0.3 is 24.7 Å². The lowest BCUT2D eigenvalue weighted by Crippen LogP contribution is -2.32. The van der Waals surface area contributed by atoms with Crippen LogP contribution in [0.4, 0.5) is 5.69 Å². The molecule has 5 rings (SSSR count). The van der Waals surface area contributed by atoms with E-state index in [-0.39, 0.29) is 11.3 Å². The summed E-state index contributed by atoms with van der Waals surface area (Å²) < 4.78 is 12.2. The van der Waals surface area contributed by atoms with Crippen LogP contribution in [0.3, 0.4) is 0 Å². The minimum atomic E-state index is -0.173. The molecule has 2 aliphatic heterocycles. The Morgan fingerprint density at radius 1 is 1.11 bits per heavy atom. The standard InChI is InChI=1S/C28H28N2O4S/c1-15-14-28(3,4)29-19-8-7-18-25(24(15)19)22(13-23-17(11-12-35-23)16(2)30-33-6)34-21-10-9-20(31)27(32-5)26(18)21/h7-14,29,31H,1-6H3/b22-13-,30-16-. The highest BCUT2D eigenvalue weighted by atomic mass is 32.1. The molecule has 0 spiro atoms. The van der Waals surface area contributed by atoms with E-state index in [9.17, 15) is 5.11 Å². The molecule has 0 fully saturated rings. The van der Waals surface area contributed by atoms with E-state index in [1.165, 1.54) is 0 Å². The molecule has 2 aliphatic rings. The highest BCUT2D eigenvalue weighted by molar-refractivity contribution is 7.11. The molecular formula is C28H28N2O4S. The summed E-state index contributed by atoms with van der Waals surface area (Å²) in [5.41, 5.74) is 7.50. The van der Waals surface area contributed by atoms with Gasteiger partial charge >= 0.3 is 0 Å². The Morgan fingerprint density at radius 2 is 1.91 bits per heavy atom. The Labute approximate surface area is 209 Å². The van der Waals surface area contributed by atoms with Crippen molar-refractivity contribution in [3.63, 3.8) is 0 Å². The number of aromatic hydroxyl groups is 1. The maximum atomic E-state index is 10.5. The number of benzene rings is 2. The second-order valence-electron chi connectivity index (χ2n) is 9.24. The first-order valence-corrected chi connectivity index (χ1v) is 12.2. The molecule has 6 nitrogen and oxygen atoms in total. The molecule has 0 saturated carbocycles. The van der Waals surface area contributed by atoms with Gasteiger partial charge in [0.05, 0.1) is 23.9 Å². The molecule has 2 N–H and O–H groups in total. The highest BCUT2D eigenvalue weighted by Gasteiger charge is 2.33. The summed E-state index contributed by atoms with van der Waals surface area (Å²) in [6.07, 6.45) is 4.29. The third kappa shape index (κ3) is 3.86. The van der Waals surface area contributed by atoms with Gasteiger partial charge in [-0.25, -0.2) is 0 Å². The number of phenolic OH excluding ortho intramolecular Hbond substituents is 1. The number of allylic oxidation sites excluding steroid dienone is 1. The molecule has 2 aromatic carbocycles. The Bertz CT molecular complexity index is 1430. The van der Waals surface area contributed by atoms with Gasteiger partial charge in [0.25, 0.3) is 0 Å². The van der Waals surface area contributed by atoms with Crippen LogP contribution in [0.5, 0.6) is 17.2 Å². The van der Waals surface area contributed by atoms with Crippen LogP contribution in [-0.4, -0.2) is 30.6 Å². The highest BCUT2D eigenvalue weighted by Crippen LogP contribution is 2.54. The Balaban J connectivity index is 1.81. The van der Waals surface area contributed by atoms with E-state index in [1.54, 1.807) is 37.7 Å². The fourth-order valence-corrected chi connectivity index (χ4v) is 5.85. The topological polar surface area (TPSA) is 72.3 Å². The zero-order valence-electron chi connectivity index (χ0n) is 20.6. The zero-order chi connectivity index (χ0) is 24.9. The third-order valence-electron chi connectivity index (χ3n) is 6.25. The average Bonchev–Trinajstić information content (AvgIpc) is 3.26. The number of anilines is 1. The molecule has 0 aliphatic carbocycles. The number of hydrogen-bond donors (Lipinski definition) is 2. The van der Waals surface area contributed by atoms with Gasteiger partial charge in [-0.3, -0.25) is 0 Å². The van der Waals surface area contributed by atoms with Crippen molar-refractivity contribution in [1.29, 1.82) is 0 Å². The molecule has 0 bridgehead atoms. The van der Waals surface area contributed by atoms with E-state index in [4.69, 9.17) is 14.3 Å². The van der Waals surface area contributed by atoms with E-state index in [0.29, 0.717) is 11.5 Å². The van der Waals surface area contributed by atoms with Crippen LogP contribution >= 0.6 is 11.3 Å². The van der Waals surface area contributed by atoms with Crippen molar-refractivity contribution in [2.45, 2.75) is 33.2 Å². The van der Waals surface area contributed by atoms with E-state index in [1.807, 2.05) is 18.4 Å². The van der Waals surface area contributed by atoms with E-state index < -0.39 is 0 Å². The van der Waals surface area contributed by atoms with Gasteiger partial charge in [0.2, 0.25) is 0 Å². The summed E-state index contributed by atoms with van der Waals surface area (Å²) in [7, 11) is 3.11. The van der Waals surface area contributed by atoms with Gasteiger partial charge in [-0.2, -0.15) is 0 Å². The first kappa shape index (κ1) is 23.1. The number of phenols is 1. The first-order valence-electron chi connectivity index (χ1n) is 11.3. The molecule has 0 atom stereocenters. The molecule has 1 aromatic heterocycles. The Hall–Kier alpha value is -3.71. The molecule has 7 heteroatoms. The molecule has 0 saturated heterocycles. The first-order chi connectivity index (χ1) is 16.7. The van der Waals surface area contributed by atoms with Gasteiger partial charge in [-0.1, -0.05) is 17.3 Å². The second-order valence-corrected chi connectivity index (χ2v) is 10.2. The lowest BCUT2D eigenvalue weighted by atomic mass is 9.83. The van der Waals surface area contributed by atoms with Crippen molar-refractivity contribution in [1.82, 2.24) is 0 Å². The van der Waals surface area contributed by atoms with Crippen molar-refractivity contribution in [3.8, 4) is 28.4 Å². The van der Waals surface area contributed by atoms with Crippen molar-refractivity contribution in [3.05, 3.63) is 63.4 Å². The fraction of sp³-hybridized carbons (Fsp3) is 0.250. The molecule has 180 valence electrons. The SMILES string of the molecule is CO/N=C(/C)c1ccsc1/C=C1\Oc2ccc(O)c(OC)c2-c2ccc3c(c21)C(C)=CC(C)(C)N3. The van der Waals surface area contributed by atoms with Crippen molar-refractivity contribution < 1.29 is 19.4 Å². The minimum Gasteiger partial charge on any atom is -0.504 e.